The molecule has 6 heteroatoms. The van der Waals surface area contributed by atoms with Crippen LogP contribution in [-0.4, -0.2) is 31.8 Å². The highest BCUT2D eigenvalue weighted by atomic mass is 16.5. The Balaban J connectivity index is 0.955. The van der Waals surface area contributed by atoms with Crippen molar-refractivity contribution in [3.63, 3.8) is 0 Å². The van der Waals surface area contributed by atoms with Crippen LogP contribution in [0.1, 0.15) is 58.9 Å². The maximum Gasteiger partial charge on any atom is 0.343 e. The van der Waals surface area contributed by atoms with Gasteiger partial charge in [0.2, 0.25) is 0 Å². The molecular weight excluding hydrogens is 685 g/mol. The SMILES string of the molecule is C=C(C)COCCCCCCOc1ccc(C(=O)Oc2ccc3cc(C(=O)Oc4ccc5cccc(-c6cccc7ccc(C)cc67)c5c4)ccc3c2)cc1. The zero-order valence-corrected chi connectivity index (χ0v) is 31.3. The molecule has 55 heavy (non-hydrogen) atoms. The summed E-state index contributed by atoms with van der Waals surface area (Å²) in [6, 6.07) is 42.4. The van der Waals surface area contributed by atoms with Crippen molar-refractivity contribution in [2.45, 2.75) is 39.5 Å². The lowest BCUT2D eigenvalue weighted by Crippen LogP contribution is -2.09. The van der Waals surface area contributed by atoms with E-state index in [1.807, 2.05) is 37.3 Å². The Kier molecular flexibility index (Phi) is 11.6. The molecule has 0 spiro atoms. The normalized spacial score (nSPS) is 11.2. The number of carbonyl (C=O) groups excluding carboxylic acids is 2. The average molecular weight is 729 g/mol. The van der Waals surface area contributed by atoms with Crippen LogP contribution in [0.5, 0.6) is 17.2 Å². The van der Waals surface area contributed by atoms with E-state index in [-0.39, 0.29) is 0 Å². The second-order valence-corrected chi connectivity index (χ2v) is 14.0. The highest BCUT2D eigenvalue weighted by Crippen LogP contribution is 2.36. The molecule has 7 aromatic carbocycles. The number of carbonyl (C=O) groups is 2. The van der Waals surface area contributed by atoms with Gasteiger partial charge in [-0.2, -0.15) is 0 Å². The van der Waals surface area contributed by atoms with E-state index < -0.39 is 11.9 Å². The minimum absolute atomic E-state index is 0.409. The second kappa shape index (κ2) is 17.3. The summed E-state index contributed by atoms with van der Waals surface area (Å²) < 4.78 is 23.0. The first-order valence-corrected chi connectivity index (χ1v) is 18.8. The molecular formula is C49H44O6. The Morgan fingerprint density at radius 1 is 0.527 bits per heavy atom. The minimum atomic E-state index is -0.464. The number of benzene rings is 7. The van der Waals surface area contributed by atoms with E-state index in [9.17, 15) is 9.59 Å². The van der Waals surface area contributed by atoms with Gasteiger partial charge in [0.05, 0.1) is 24.3 Å². The molecule has 276 valence electrons. The lowest BCUT2D eigenvalue weighted by molar-refractivity contribution is 0.0726. The van der Waals surface area contributed by atoms with Gasteiger partial charge in [-0.1, -0.05) is 96.9 Å². The van der Waals surface area contributed by atoms with E-state index in [0.29, 0.717) is 41.6 Å². The molecule has 0 unspecified atom stereocenters. The van der Waals surface area contributed by atoms with Crippen molar-refractivity contribution in [3.8, 4) is 28.4 Å². The fourth-order valence-corrected chi connectivity index (χ4v) is 6.70. The van der Waals surface area contributed by atoms with E-state index in [2.05, 4.69) is 68.1 Å². The molecule has 0 aliphatic rings. The standard InChI is InChI=1S/C49H44O6/c1-33(2)32-52-26-6-4-5-7-27-53-41-22-19-37(20-23-41)48(50)54-42-25-21-38-29-40(17-16-39(38)30-42)49(51)55-43-24-18-36-11-9-13-45(47(36)31-43)44-12-8-10-35-15-14-34(3)28-46(35)44/h8-25,28-31H,1,4-7,26-27,32H2,2-3H3. The van der Waals surface area contributed by atoms with Crippen molar-refractivity contribution in [1.82, 2.24) is 0 Å². The molecule has 0 saturated heterocycles. The van der Waals surface area contributed by atoms with Gasteiger partial charge in [0.15, 0.2) is 0 Å². The fraction of sp³-hybridized carbons (Fsp3) is 0.184. The largest absolute Gasteiger partial charge is 0.494 e. The van der Waals surface area contributed by atoms with Crippen molar-refractivity contribution in [2.75, 3.05) is 19.8 Å². The topological polar surface area (TPSA) is 71.1 Å². The predicted octanol–water partition coefficient (Wildman–Crippen LogP) is 12.1. The smallest absolute Gasteiger partial charge is 0.343 e. The lowest BCUT2D eigenvalue weighted by atomic mass is 9.93. The van der Waals surface area contributed by atoms with Crippen LogP contribution >= 0.6 is 0 Å². The van der Waals surface area contributed by atoms with Crippen molar-refractivity contribution < 1.29 is 28.5 Å². The summed E-state index contributed by atoms with van der Waals surface area (Å²) in [5.41, 5.74) is 5.29. The number of hydrogen-bond acceptors (Lipinski definition) is 6. The average Bonchev–Trinajstić information content (AvgIpc) is 3.19. The molecule has 0 saturated carbocycles. The Morgan fingerprint density at radius 3 is 1.78 bits per heavy atom. The number of fused-ring (bicyclic) bond motifs is 3. The molecule has 0 fully saturated rings. The zero-order valence-electron chi connectivity index (χ0n) is 31.3. The van der Waals surface area contributed by atoms with Gasteiger partial charge in [0.1, 0.15) is 17.2 Å². The van der Waals surface area contributed by atoms with Gasteiger partial charge in [-0.3, -0.25) is 0 Å². The van der Waals surface area contributed by atoms with Crippen molar-refractivity contribution in [2.24, 2.45) is 0 Å². The number of ether oxygens (including phenoxy) is 4. The van der Waals surface area contributed by atoms with Gasteiger partial charge in [0, 0.05) is 6.61 Å². The maximum atomic E-state index is 13.4. The highest BCUT2D eigenvalue weighted by Gasteiger charge is 2.14. The van der Waals surface area contributed by atoms with Gasteiger partial charge in [-0.25, -0.2) is 9.59 Å². The third-order valence-electron chi connectivity index (χ3n) is 9.54. The van der Waals surface area contributed by atoms with E-state index in [1.54, 1.807) is 48.5 Å². The van der Waals surface area contributed by atoms with Gasteiger partial charge in [0.25, 0.3) is 0 Å². The number of rotatable bonds is 15. The third kappa shape index (κ3) is 9.29. The van der Waals surface area contributed by atoms with Gasteiger partial charge < -0.3 is 18.9 Å². The summed E-state index contributed by atoms with van der Waals surface area (Å²) in [5, 5.41) is 6.06. The predicted molar refractivity (Wildman–Crippen MR) is 222 cm³/mol. The number of unbranched alkanes of at least 4 members (excludes halogenated alkanes) is 3. The maximum absolute atomic E-state index is 13.4. The summed E-state index contributed by atoms with van der Waals surface area (Å²) in [7, 11) is 0. The van der Waals surface area contributed by atoms with E-state index in [4.69, 9.17) is 18.9 Å². The van der Waals surface area contributed by atoms with Crippen LogP contribution in [0.15, 0.2) is 146 Å². The first-order valence-electron chi connectivity index (χ1n) is 18.8. The van der Waals surface area contributed by atoms with Crippen molar-refractivity contribution in [3.05, 3.63) is 162 Å². The first kappa shape index (κ1) is 37.1. The summed E-state index contributed by atoms with van der Waals surface area (Å²) in [6.45, 7) is 9.90. The van der Waals surface area contributed by atoms with Crippen LogP contribution < -0.4 is 14.2 Å². The Labute approximate surface area is 321 Å². The lowest BCUT2D eigenvalue weighted by Gasteiger charge is -2.12. The first-order chi connectivity index (χ1) is 26.8. The molecule has 0 bridgehead atoms. The molecule has 0 aliphatic carbocycles. The van der Waals surface area contributed by atoms with Gasteiger partial charge in [-0.15, -0.1) is 0 Å². The summed E-state index contributed by atoms with van der Waals surface area (Å²) in [6.07, 6.45) is 4.14. The van der Waals surface area contributed by atoms with Crippen LogP contribution in [0, 0.1) is 6.92 Å². The zero-order chi connectivity index (χ0) is 38.1. The molecule has 0 radical (unpaired) electrons. The molecule has 7 rings (SSSR count). The summed E-state index contributed by atoms with van der Waals surface area (Å²) in [4.78, 5) is 26.3. The minimum Gasteiger partial charge on any atom is -0.494 e. The summed E-state index contributed by atoms with van der Waals surface area (Å²) in [5.74, 6) is 0.668. The molecule has 0 heterocycles. The van der Waals surface area contributed by atoms with E-state index in [1.165, 1.54) is 16.3 Å². The third-order valence-corrected chi connectivity index (χ3v) is 9.54. The number of hydrogen-bond donors (Lipinski definition) is 0. The number of esters is 2. The van der Waals surface area contributed by atoms with Gasteiger partial charge >= 0.3 is 11.9 Å². The molecule has 7 aromatic rings. The van der Waals surface area contributed by atoms with Crippen molar-refractivity contribution >= 4 is 44.3 Å². The highest BCUT2D eigenvalue weighted by molar-refractivity contribution is 6.06. The van der Waals surface area contributed by atoms with E-state index in [0.717, 1.165) is 70.5 Å². The Hall–Kier alpha value is -6.24. The van der Waals surface area contributed by atoms with Crippen LogP contribution in [-0.2, 0) is 4.74 Å². The molecule has 6 nitrogen and oxygen atoms in total. The van der Waals surface area contributed by atoms with Crippen LogP contribution in [0.25, 0.3) is 43.4 Å². The molecule has 0 aliphatic heterocycles. The molecule has 0 amide bonds. The van der Waals surface area contributed by atoms with Crippen LogP contribution in [0.4, 0.5) is 0 Å². The fourth-order valence-electron chi connectivity index (χ4n) is 6.70. The number of aryl methyl sites for hydroxylation is 1. The molecule has 0 atom stereocenters. The van der Waals surface area contributed by atoms with Crippen LogP contribution in [0.3, 0.4) is 0 Å². The van der Waals surface area contributed by atoms with Gasteiger partial charge in [-0.05, 0) is 137 Å². The molecule has 0 aromatic heterocycles. The second-order valence-electron chi connectivity index (χ2n) is 14.0. The van der Waals surface area contributed by atoms with E-state index >= 15 is 0 Å². The van der Waals surface area contributed by atoms with Crippen LogP contribution in [0.2, 0.25) is 0 Å². The quantitative estimate of drug-likeness (QED) is 0.0453. The monoisotopic (exact) mass is 728 g/mol. The summed E-state index contributed by atoms with van der Waals surface area (Å²) >= 11 is 0. The molecule has 0 N–H and O–H groups in total. The Morgan fingerprint density at radius 2 is 1.07 bits per heavy atom. The Bertz CT molecular complexity index is 2500. The van der Waals surface area contributed by atoms with Crippen molar-refractivity contribution in [1.29, 1.82) is 0 Å².